The van der Waals surface area contributed by atoms with Crippen molar-refractivity contribution in [3.8, 4) is 0 Å². The van der Waals surface area contributed by atoms with Gasteiger partial charge < -0.3 is 15.1 Å². The molecular formula is C24H34IN5OS. The molecule has 4 rings (SSSR count). The quantitative estimate of drug-likeness (QED) is 0.307. The van der Waals surface area contributed by atoms with E-state index >= 15 is 0 Å². The Morgan fingerprint density at radius 1 is 1.22 bits per heavy atom. The number of aliphatic imine (C=N–C) groups is 1. The van der Waals surface area contributed by atoms with Gasteiger partial charge in [0.15, 0.2) is 5.96 Å². The zero-order valence-electron chi connectivity index (χ0n) is 19.1. The SMILES string of the molecule is CCNC(=NCc1cccc(CN2CCCC2=O)c1)N(C)Cc1nc2c(s1)CCCC2.I. The van der Waals surface area contributed by atoms with Crippen LogP contribution < -0.4 is 5.32 Å². The number of halogens is 1. The predicted molar refractivity (Wildman–Crippen MR) is 142 cm³/mol. The maximum absolute atomic E-state index is 11.9. The van der Waals surface area contributed by atoms with Gasteiger partial charge in [-0.2, -0.15) is 0 Å². The number of thiazole rings is 1. The molecule has 2 aromatic rings. The number of aryl methyl sites for hydroxylation is 2. The molecule has 1 aliphatic heterocycles. The van der Waals surface area contributed by atoms with Crippen LogP contribution in [0, 0.1) is 0 Å². The lowest BCUT2D eigenvalue weighted by Crippen LogP contribution is -2.38. The highest BCUT2D eigenvalue weighted by Gasteiger charge is 2.20. The Hall–Kier alpha value is -1.68. The molecule has 0 atom stereocenters. The summed E-state index contributed by atoms with van der Waals surface area (Å²) in [4.78, 5) is 27.3. The number of nitrogens with zero attached hydrogens (tertiary/aromatic N) is 4. The van der Waals surface area contributed by atoms with Crippen LogP contribution in [0.4, 0.5) is 0 Å². The van der Waals surface area contributed by atoms with Crippen LogP contribution in [0.15, 0.2) is 29.3 Å². The van der Waals surface area contributed by atoms with Crippen molar-refractivity contribution in [1.29, 1.82) is 0 Å². The molecule has 8 heteroatoms. The Labute approximate surface area is 212 Å². The zero-order chi connectivity index (χ0) is 21.6. The molecule has 1 fully saturated rings. The summed E-state index contributed by atoms with van der Waals surface area (Å²) in [5, 5.41) is 4.59. The molecule has 0 radical (unpaired) electrons. The molecule has 6 nitrogen and oxygen atoms in total. The van der Waals surface area contributed by atoms with Gasteiger partial charge in [0.05, 0.1) is 18.8 Å². The fraction of sp³-hybridized carbons (Fsp3) is 0.542. The first-order valence-electron chi connectivity index (χ1n) is 11.4. The minimum absolute atomic E-state index is 0. The van der Waals surface area contributed by atoms with E-state index < -0.39 is 0 Å². The van der Waals surface area contributed by atoms with Gasteiger partial charge in [-0.25, -0.2) is 9.98 Å². The smallest absolute Gasteiger partial charge is 0.222 e. The van der Waals surface area contributed by atoms with Crippen molar-refractivity contribution in [3.63, 3.8) is 0 Å². The molecule has 1 aromatic carbocycles. The lowest BCUT2D eigenvalue weighted by Gasteiger charge is -2.21. The van der Waals surface area contributed by atoms with E-state index in [0.29, 0.717) is 19.5 Å². The number of fused-ring (bicyclic) bond motifs is 1. The van der Waals surface area contributed by atoms with Crippen molar-refractivity contribution >= 4 is 47.2 Å². The first kappa shape index (κ1) is 25.0. The first-order chi connectivity index (χ1) is 15.1. The van der Waals surface area contributed by atoms with Crippen LogP contribution in [-0.2, 0) is 37.3 Å². The molecule has 1 amide bonds. The third-order valence-corrected chi connectivity index (χ3v) is 7.05. The number of rotatable bonds is 7. The Bertz CT molecular complexity index is 921. The van der Waals surface area contributed by atoms with E-state index in [1.807, 2.05) is 16.2 Å². The number of guanidine groups is 1. The van der Waals surface area contributed by atoms with Crippen LogP contribution in [0.2, 0.25) is 0 Å². The van der Waals surface area contributed by atoms with Crippen LogP contribution in [-0.4, -0.2) is 46.8 Å². The normalized spacial score (nSPS) is 16.0. The van der Waals surface area contributed by atoms with Gasteiger partial charge in [-0.15, -0.1) is 35.3 Å². The van der Waals surface area contributed by atoms with E-state index in [4.69, 9.17) is 9.98 Å². The number of benzene rings is 1. The van der Waals surface area contributed by atoms with E-state index in [1.165, 1.54) is 40.4 Å². The summed E-state index contributed by atoms with van der Waals surface area (Å²) in [5.41, 5.74) is 3.65. The van der Waals surface area contributed by atoms with Gasteiger partial charge in [-0.3, -0.25) is 4.79 Å². The van der Waals surface area contributed by atoms with Crippen molar-refractivity contribution in [3.05, 3.63) is 51.0 Å². The fourth-order valence-corrected chi connectivity index (χ4v) is 5.52. The van der Waals surface area contributed by atoms with Crippen molar-refractivity contribution in [2.45, 2.75) is 65.1 Å². The van der Waals surface area contributed by atoms with Crippen LogP contribution in [0.5, 0.6) is 0 Å². The van der Waals surface area contributed by atoms with Gasteiger partial charge in [-0.05, 0) is 50.2 Å². The molecule has 1 aromatic heterocycles. The van der Waals surface area contributed by atoms with E-state index in [9.17, 15) is 4.79 Å². The first-order valence-corrected chi connectivity index (χ1v) is 12.3. The average Bonchev–Trinajstić information content (AvgIpc) is 3.36. The number of likely N-dealkylation sites (tertiary alicyclic amines) is 1. The Balaban J connectivity index is 0.00000289. The summed E-state index contributed by atoms with van der Waals surface area (Å²) in [6, 6.07) is 8.45. The third kappa shape index (κ3) is 6.43. The molecule has 174 valence electrons. The van der Waals surface area contributed by atoms with Gasteiger partial charge >= 0.3 is 0 Å². The average molecular weight is 568 g/mol. The van der Waals surface area contributed by atoms with Gasteiger partial charge in [0.25, 0.3) is 0 Å². The molecule has 1 aliphatic carbocycles. The van der Waals surface area contributed by atoms with Gasteiger partial charge in [0, 0.05) is 38.0 Å². The third-order valence-electron chi connectivity index (χ3n) is 5.91. The highest BCUT2D eigenvalue weighted by atomic mass is 127. The molecule has 32 heavy (non-hydrogen) atoms. The lowest BCUT2D eigenvalue weighted by molar-refractivity contribution is -0.128. The van der Waals surface area contributed by atoms with E-state index in [1.54, 1.807) is 0 Å². The number of carbonyl (C=O) groups is 1. The number of aromatic nitrogens is 1. The maximum Gasteiger partial charge on any atom is 0.222 e. The maximum atomic E-state index is 11.9. The summed E-state index contributed by atoms with van der Waals surface area (Å²) >= 11 is 1.86. The van der Waals surface area contributed by atoms with Crippen LogP contribution in [0.3, 0.4) is 0 Å². The minimum atomic E-state index is 0. The molecule has 0 unspecified atom stereocenters. The summed E-state index contributed by atoms with van der Waals surface area (Å²) < 4.78 is 0. The monoisotopic (exact) mass is 567 g/mol. The minimum Gasteiger partial charge on any atom is -0.357 e. The van der Waals surface area contributed by atoms with E-state index in [0.717, 1.165) is 44.0 Å². The van der Waals surface area contributed by atoms with Gasteiger partial charge in [0.2, 0.25) is 5.91 Å². The molecule has 0 saturated carbocycles. The molecule has 0 spiro atoms. The number of amides is 1. The number of carbonyl (C=O) groups excluding carboxylic acids is 1. The van der Waals surface area contributed by atoms with Crippen LogP contribution in [0.1, 0.15) is 59.3 Å². The van der Waals surface area contributed by atoms with Crippen LogP contribution in [0.25, 0.3) is 0 Å². The summed E-state index contributed by atoms with van der Waals surface area (Å²) in [5.74, 6) is 1.17. The standard InChI is InChI=1S/C24H33N5OS.HI/c1-3-25-24(28(2)17-22-27-20-10-4-5-11-21(20)31-22)26-15-18-8-6-9-19(14-18)16-29-13-7-12-23(29)30;/h6,8-9,14H,3-5,7,10-13,15-17H2,1-2H3,(H,25,26);1H. The van der Waals surface area contributed by atoms with E-state index in [2.05, 4.69) is 48.5 Å². The second kappa shape index (κ2) is 12.0. The number of hydrogen-bond donors (Lipinski definition) is 1. The second-order valence-electron chi connectivity index (χ2n) is 8.45. The van der Waals surface area contributed by atoms with Crippen molar-refractivity contribution < 1.29 is 4.79 Å². The Morgan fingerprint density at radius 3 is 2.78 bits per heavy atom. The van der Waals surface area contributed by atoms with Crippen molar-refractivity contribution in [2.24, 2.45) is 4.99 Å². The molecular weight excluding hydrogens is 533 g/mol. The summed E-state index contributed by atoms with van der Waals surface area (Å²) in [6.07, 6.45) is 6.53. The Kier molecular flexibility index (Phi) is 9.34. The largest absolute Gasteiger partial charge is 0.357 e. The molecule has 1 saturated heterocycles. The second-order valence-corrected chi connectivity index (χ2v) is 9.62. The van der Waals surface area contributed by atoms with Crippen molar-refractivity contribution in [2.75, 3.05) is 20.1 Å². The predicted octanol–water partition coefficient (Wildman–Crippen LogP) is 4.36. The number of hydrogen-bond acceptors (Lipinski definition) is 4. The van der Waals surface area contributed by atoms with Gasteiger partial charge in [0.1, 0.15) is 5.01 Å². The fourth-order valence-electron chi connectivity index (χ4n) is 4.30. The highest BCUT2D eigenvalue weighted by molar-refractivity contribution is 14.0. The molecule has 2 aliphatic rings. The number of nitrogens with one attached hydrogen (secondary N) is 1. The molecule has 1 N–H and O–H groups in total. The molecule has 2 heterocycles. The van der Waals surface area contributed by atoms with Crippen molar-refractivity contribution in [1.82, 2.24) is 20.1 Å². The summed E-state index contributed by atoms with van der Waals surface area (Å²) in [6.45, 7) is 5.89. The van der Waals surface area contributed by atoms with Crippen LogP contribution >= 0.6 is 35.3 Å². The van der Waals surface area contributed by atoms with Gasteiger partial charge in [-0.1, -0.05) is 24.3 Å². The topological polar surface area (TPSA) is 60.8 Å². The molecule has 0 bridgehead atoms. The summed E-state index contributed by atoms with van der Waals surface area (Å²) in [7, 11) is 2.08. The highest BCUT2D eigenvalue weighted by Crippen LogP contribution is 2.27. The lowest BCUT2D eigenvalue weighted by atomic mass is 10.0. The zero-order valence-corrected chi connectivity index (χ0v) is 22.2. The Morgan fingerprint density at radius 2 is 2.03 bits per heavy atom. The van der Waals surface area contributed by atoms with E-state index in [-0.39, 0.29) is 29.9 Å².